The fourth-order valence-corrected chi connectivity index (χ4v) is 8.41. The summed E-state index contributed by atoms with van der Waals surface area (Å²) in [4.78, 5) is 2.38. The Morgan fingerprint density at radius 1 is 0.278 bits per heavy atom. The SMILES string of the molecule is c1cc(-c2ccc3ccc4ccccc4c3c2)cc(N(c2cccc(-c3cc4ccccc4c4ccccc34)c2)c2ccc3oc4ccccc4c3c2)c1. The van der Waals surface area contributed by atoms with E-state index < -0.39 is 0 Å². The molecule has 0 unspecified atom stereocenters. The Balaban J connectivity index is 1.11. The number of benzene rings is 10. The minimum atomic E-state index is 0.883. The van der Waals surface area contributed by atoms with Gasteiger partial charge in [0.05, 0.1) is 0 Å². The summed E-state index contributed by atoms with van der Waals surface area (Å²) in [6, 6.07) is 72.5. The summed E-state index contributed by atoms with van der Waals surface area (Å²) in [5.41, 5.74) is 9.76. The van der Waals surface area contributed by atoms with E-state index in [1.54, 1.807) is 0 Å². The lowest BCUT2D eigenvalue weighted by atomic mass is 9.93. The van der Waals surface area contributed by atoms with Gasteiger partial charge in [0.1, 0.15) is 11.2 Å². The highest BCUT2D eigenvalue weighted by molar-refractivity contribution is 6.14. The van der Waals surface area contributed by atoms with Crippen LogP contribution in [-0.4, -0.2) is 0 Å². The number of anilines is 3. The molecule has 10 aromatic carbocycles. The molecule has 2 heteroatoms. The van der Waals surface area contributed by atoms with E-state index in [2.05, 4.69) is 193 Å². The zero-order chi connectivity index (χ0) is 35.6. The summed E-state index contributed by atoms with van der Waals surface area (Å²) in [6.07, 6.45) is 0. The lowest BCUT2D eigenvalue weighted by molar-refractivity contribution is 0.669. The number of nitrogens with zero attached hydrogens (tertiary/aromatic N) is 1. The molecule has 0 atom stereocenters. The molecule has 11 aromatic rings. The minimum absolute atomic E-state index is 0.883. The summed E-state index contributed by atoms with van der Waals surface area (Å²) >= 11 is 0. The Morgan fingerprint density at radius 2 is 0.833 bits per heavy atom. The smallest absolute Gasteiger partial charge is 0.135 e. The number of furan rings is 1. The van der Waals surface area contributed by atoms with Crippen LogP contribution in [0.4, 0.5) is 17.1 Å². The number of rotatable bonds is 5. The molecule has 0 radical (unpaired) electrons. The van der Waals surface area contributed by atoms with E-state index in [0.717, 1.165) is 39.0 Å². The molecule has 0 aliphatic heterocycles. The molecule has 11 rings (SSSR count). The third-order valence-electron chi connectivity index (χ3n) is 11.0. The Hall–Kier alpha value is -7.16. The lowest BCUT2D eigenvalue weighted by Crippen LogP contribution is -2.10. The zero-order valence-corrected chi connectivity index (χ0v) is 29.4. The number of fused-ring (bicyclic) bond motifs is 9. The van der Waals surface area contributed by atoms with Gasteiger partial charge in [0.15, 0.2) is 0 Å². The van der Waals surface area contributed by atoms with Crippen molar-refractivity contribution >= 4 is 82.1 Å². The molecule has 0 bridgehead atoms. The highest BCUT2D eigenvalue weighted by Gasteiger charge is 2.18. The molecule has 0 spiro atoms. The predicted octanol–water partition coefficient (Wildman–Crippen LogP) is 15.0. The van der Waals surface area contributed by atoms with Gasteiger partial charge in [-0.05, 0) is 126 Å². The van der Waals surface area contributed by atoms with Crippen molar-refractivity contribution in [2.45, 2.75) is 0 Å². The fraction of sp³-hybridized carbons (Fsp3) is 0. The van der Waals surface area contributed by atoms with Gasteiger partial charge < -0.3 is 9.32 Å². The largest absolute Gasteiger partial charge is 0.456 e. The van der Waals surface area contributed by atoms with Crippen LogP contribution in [0.3, 0.4) is 0 Å². The van der Waals surface area contributed by atoms with Crippen LogP contribution < -0.4 is 4.90 Å². The molecule has 1 heterocycles. The molecule has 0 amide bonds. The highest BCUT2D eigenvalue weighted by atomic mass is 16.3. The molecule has 252 valence electrons. The molecule has 0 N–H and O–H groups in total. The minimum Gasteiger partial charge on any atom is -0.456 e. The van der Waals surface area contributed by atoms with Crippen LogP contribution in [0.25, 0.3) is 87.3 Å². The number of para-hydroxylation sites is 1. The normalized spacial score (nSPS) is 11.7. The molecule has 0 saturated heterocycles. The van der Waals surface area contributed by atoms with Crippen LogP contribution in [0, 0.1) is 0 Å². The standard InChI is InChI=1S/C52H33NO/c1-3-17-43-34(11-1)23-24-35-25-26-37(31-48(35)43)36-13-9-15-40(29-36)53(42-27-28-52-50(33-42)47-21-7-8-22-51(47)54-52)41-16-10-14-38(30-41)49-32-39-12-2-4-18-44(39)45-19-5-6-20-46(45)49/h1-33H. The van der Waals surface area contributed by atoms with Gasteiger partial charge in [-0.25, -0.2) is 0 Å². The van der Waals surface area contributed by atoms with Gasteiger partial charge >= 0.3 is 0 Å². The summed E-state index contributed by atoms with van der Waals surface area (Å²) < 4.78 is 6.28. The summed E-state index contributed by atoms with van der Waals surface area (Å²) in [5.74, 6) is 0. The summed E-state index contributed by atoms with van der Waals surface area (Å²) in [6.45, 7) is 0. The first-order chi connectivity index (χ1) is 26.7. The molecule has 0 fully saturated rings. The van der Waals surface area contributed by atoms with Crippen molar-refractivity contribution < 1.29 is 4.42 Å². The Morgan fingerprint density at radius 3 is 1.65 bits per heavy atom. The summed E-state index contributed by atoms with van der Waals surface area (Å²) in [7, 11) is 0. The third-order valence-corrected chi connectivity index (χ3v) is 11.0. The van der Waals surface area contributed by atoms with Gasteiger partial charge in [-0.1, -0.05) is 140 Å². The molecule has 0 aliphatic rings. The summed E-state index contributed by atoms with van der Waals surface area (Å²) in [5, 5.41) is 12.3. The molecular weight excluding hydrogens is 655 g/mol. The van der Waals surface area contributed by atoms with E-state index in [-0.39, 0.29) is 0 Å². The molecule has 54 heavy (non-hydrogen) atoms. The van der Waals surface area contributed by atoms with Gasteiger partial charge in [-0.15, -0.1) is 0 Å². The van der Waals surface area contributed by atoms with Crippen molar-refractivity contribution in [2.24, 2.45) is 0 Å². The molecule has 1 aromatic heterocycles. The van der Waals surface area contributed by atoms with Gasteiger partial charge in [0.25, 0.3) is 0 Å². The first kappa shape index (κ1) is 30.5. The van der Waals surface area contributed by atoms with E-state index in [1.165, 1.54) is 65.3 Å². The first-order valence-corrected chi connectivity index (χ1v) is 18.5. The Labute approximate surface area is 312 Å². The maximum atomic E-state index is 6.28. The van der Waals surface area contributed by atoms with Crippen LogP contribution in [0.5, 0.6) is 0 Å². The van der Waals surface area contributed by atoms with Crippen LogP contribution >= 0.6 is 0 Å². The monoisotopic (exact) mass is 687 g/mol. The average Bonchev–Trinajstić information content (AvgIpc) is 3.61. The van der Waals surface area contributed by atoms with Crippen molar-refractivity contribution in [2.75, 3.05) is 4.90 Å². The first-order valence-electron chi connectivity index (χ1n) is 18.5. The molecular formula is C52H33NO. The molecule has 2 nitrogen and oxygen atoms in total. The van der Waals surface area contributed by atoms with Crippen LogP contribution in [0.1, 0.15) is 0 Å². The van der Waals surface area contributed by atoms with E-state index in [9.17, 15) is 0 Å². The third kappa shape index (κ3) is 4.96. The highest BCUT2D eigenvalue weighted by Crippen LogP contribution is 2.43. The van der Waals surface area contributed by atoms with Crippen molar-refractivity contribution in [3.63, 3.8) is 0 Å². The maximum absolute atomic E-state index is 6.28. The fourth-order valence-electron chi connectivity index (χ4n) is 8.41. The van der Waals surface area contributed by atoms with Crippen molar-refractivity contribution in [1.29, 1.82) is 0 Å². The van der Waals surface area contributed by atoms with Crippen LogP contribution in [0.15, 0.2) is 205 Å². The average molecular weight is 688 g/mol. The van der Waals surface area contributed by atoms with Crippen LogP contribution in [0.2, 0.25) is 0 Å². The number of hydrogen-bond acceptors (Lipinski definition) is 2. The van der Waals surface area contributed by atoms with Crippen molar-refractivity contribution in [3.8, 4) is 22.3 Å². The predicted molar refractivity (Wildman–Crippen MR) is 229 cm³/mol. The Kier molecular flexibility index (Phi) is 6.90. The topological polar surface area (TPSA) is 16.4 Å². The van der Waals surface area contributed by atoms with Gasteiger partial charge in [0.2, 0.25) is 0 Å². The number of hydrogen-bond donors (Lipinski definition) is 0. The van der Waals surface area contributed by atoms with Crippen molar-refractivity contribution in [1.82, 2.24) is 0 Å². The second-order valence-electron chi connectivity index (χ2n) is 14.1. The van der Waals surface area contributed by atoms with Gasteiger partial charge in [-0.3, -0.25) is 0 Å². The van der Waals surface area contributed by atoms with Crippen molar-refractivity contribution in [3.05, 3.63) is 200 Å². The molecule has 0 saturated carbocycles. The second kappa shape index (κ2) is 12.2. The van der Waals surface area contributed by atoms with Crippen LogP contribution in [-0.2, 0) is 0 Å². The van der Waals surface area contributed by atoms with E-state index in [4.69, 9.17) is 4.42 Å². The van der Waals surface area contributed by atoms with E-state index in [0.29, 0.717) is 0 Å². The zero-order valence-electron chi connectivity index (χ0n) is 29.4. The quantitative estimate of drug-likeness (QED) is 0.168. The van der Waals surface area contributed by atoms with E-state index in [1.807, 2.05) is 12.1 Å². The van der Waals surface area contributed by atoms with Gasteiger partial charge in [-0.2, -0.15) is 0 Å². The maximum Gasteiger partial charge on any atom is 0.135 e. The second-order valence-corrected chi connectivity index (χ2v) is 14.1. The van der Waals surface area contributed by atoms with E-state index >= 15 is 0 Å². The van der Waals surface area contributed by atoms with Gasteiger partial charge in [0, 0.05) is 27.8 Å². The lowest BCUT2D eigenvalue weighted by Gasteiger charge is -2.27. The molecule has 0 aliphatic carbocycles. The Bertz CT molecular complexity index is 3240.